The lowest BCUT2D eigenvalue weighted by molar-refractivity contribution is 0.751. The SMILES string of the molecule is NC1CCN(c2ccnc(NCc3ccccn3)n2)C1. The number of nitrogens with two attached hydrogens (primary N) is 1. The largest absolute Gasteiger partial charge is 0.355 e. The molecule has 1 unspecified atom stereocenters. The van der Waals surface area contributed by atoms with Gasteiger partial charge >= 0.3 is 0 Å². The topological polar surface area (TPSA) is 80.0 Å². The van der Waals surface area contributed by atoms with Gasteiger partial charge in [0.2, 0.25) is 5.95 Å². The molecule has 1 aliphatic heterocycles. The Bertz CT molecular complexity index is 559. The number of nitrogens with zero attached hydrogens (tertiary/aromatic N) is 4. The van der Waals surface area contributed by atoms with Crippen molar-refractivity contribution >= 4 is 11.8 Å². The van der Waals surface area contributed by atoms with E-state index in [-0.39, 0.29) is 6.04 Å². The highest BCUT2D eigenvalue weighted by Gasteiger charge is 2.20. The molecular weight excluding hydrogens is 252 g/mol. The lowest BCUT2D eigenvalue weighted by Crippen LogP contribution is -2.27. The number of rotatable bonds is 4. The first-order valence-electron chi connectivity index (χ1n) is 6.78. The summed E-state index contributed by atoms with van der Waals surface area (Å²) in [5.74, 6) is 1.55. The van der Waals surface area contributed by atoms with E-state index in [1.165, 1.54) is 0 Å². The maximum Gasteiger partial charge on any atom is 0.224 e. The van der Waals surface area contributed by atoms with Crippen molar-refractivity contribution in [1.82, 2.24) is 15.0 Å². The van der Waals surface area contributed by atoms with Gasteiger partial charge in [-0.3, -0.25) is 4.98 Å². The zero-order chi connectivity index (χ0) is 13.8. The first kappa shape index (κ1) is 12.8. The summed E-state index contributed by atoms with van der Waals surface area (Å²) >= 11 is 0. The van der Waals surface area contributed by atoms with Crippen LogP contribution in [0.15, 0.2) is 36.7 Å². The molecule has 1 saturated heterocycles. The Balaban J connectivity index is 1.65. The highest BCUT2D eigenvalue weighted by atomic mass is 15.2. The molecule has 1 atom stereocenters. The van der Waals surface area contributed by atoms with Crippen molar-refractivity contribution in [2.75, 3.05) is 23.3 Å². The predicted molar refractivity (Wildman–Crippen MR) is 78.4 cm³/mol. The maximum atomic E-state index is 5.93. The first-order valence-corrected chi connectivity index (χ1v) is 6.78. The number of nitrogens with one attached hydrogen (secondary N) is 1. The molecule has 20 heavy (non-hydrogen) atoms. The summed E-state index contributed by atoms with van der Waals surface area (Å²) in [6, 6.07) is 8.00. The monoisotopic (exact) mass is 270 g/mol. The van der Waals surface area contributed by atoms with E-state index in [1.807, 2.05) is 24.3 Å². The quantitative estimate of drug-likeness (QED) is 0.863. The fourth-order valence-corrected chi connectivity index (χ4v) is 2.28. The van der Waals surface area contributed by atoms with Crippen molar-refractivity contribution in [3.63, 3.8) is 0 Å². The third kappa shape index (κ3) is 3.03. The molecule has 0 bridgehead atoms. The zero-order valence-electron chi connectivity index (χ0n) is 11.2. The van der Waals surface area contributed by atoms with Gasteiger partial charge < -0.3 is 16.0 Å². The van der Waals surface area contributed by atoms with Gasteiger partial charge in [-0.15, -0.1) is 0 Å². The van der Waals surface area contributed by atoms with Crippen LogP contribution in [0.25, 0.3) is 0 Å². The first-order chi connectivity index (χ1) is 9.81. The molecule has 2 aromatic rings. The molecule has 0 spiro atoms. The summed E-state index contributed by atoms with van der Waals surface area (Å²) in [5, 5.41) is 3.19. The molecule has 0 aromatic carbocycles. The Morgan fingerprint density at radius 3 is 2.95 bits per heavy atom. The molecule has 3 N–H and O–H groups in total. The molecule has 6 heteroatoms. The van der Waals surface area contributed by atoms with Crippen molar-refractivity contribution in [2.24, 2.45) is 5.73 Å². The summed E-state index contributed by atoms with van der Waals surface area (Å²) in [7, 11) is 0. The van der Waals surface area contributed by atoms with Gasteiger partial charge in [0.1, 0.15) is 5.82 Å². The van der Waals surface area contributed by atoms with Crippen LogP contribution in [0.1, 0.15) is 12.1 Å². The van der Waals surface area contributed by atoms with Crippen LogP contribution in [0, 0.1) is 0 Å². The minimum absolute atomic E-state index is 0.245. The Morgan fingerprint density at radius 2 is 2.20 bits per heavy atom. The Morgan fingerprint density at radius 1 is 1.25 bits per heavy atom. The van der Waals surface area contributed by atoms with Gasteiger partial charge in [0.05, 0.1) is 12.2 Å². The van der Waals surface area contributed by atoms with Crippen LogP contribution in [0.3, 0.4) is 0 Å². The van der Waals surface area contributed by atoms with E-state index in [1.54, 1.807) is 12.4 Å². The van der Waals surface area contributed by atoms with Gasteiger partial charge in [0, 0.05) is 31.5 Å². The smallest absolute Gasteiger partial charge is 0.224 e. The van der Waals surface area contributed by atoms with Crippen LogP contribution in [0.5, 0.6) is 0 Å². The average molecular weight is 270 g/mol. The number of anilines is 2. The standard InChI is InChI=1S/C14H18N6/c15-11-5-8-20(10-11)13-4-7-17-14(19-13)18-9-12-3-1-2-6-16-12/h1-4,6-7,11H,5,8-10,15H2,(H,17,18,19). The zero-order valence-corrected chi connectivity index (χ0v) is 11.2. The molecular formula is C14H18N6. The summed E-state index contributed by atoms with van der Waals surface area (Å²) in [4.78, 5) is 15.2. The lowest BCUT2D eigenvalue weighted by Gasteiger charge is -2.17. The van der Waals surface area contributed by atoms with Gasteiger partial charge in [-0.2, -0.15) is 4.98 Å². The van der Waals surface area contributed by atoms with Gasteiger partial charge in [-0.1, -0.05) is 6.07 Å². The van der Waals surface area contributed by atoms with Crippen molar-refractivity contribution in [3.05, 3.63) is 42.4 Å². The molecule has 3 rings (SSSR count). The predicted octanol–water partition coefficient (Wildman–Crippen LogP) is 1.02. The molecule has 1 aliphatic rings. The molecule has 1 fully saturated rings. The van der Waals surface area contributed by atoms with Crippen molar-refractivity contribution < 1.29 is 0 Å². The van der Waals surface area contributed by atoms with Gasteiger partial charge in [0.25, 0.3) is 0 Å². The molecule has 6 nitrogen and oxygen atoms in total. The molecule has 3 heterocycles. The second-order valence-electron chi connectivity index (χ2n) is 4.91. The molecule has 104 valence electrons. The van der Waals surface area contributed by atoms with Crippen LogP contribution in [0.4, 0.5) is 11.8 Å². The molecule has 0 amide bonds. The van der Waals surface area contributed by atoms with Crippen molar-refractivity contribution in [1.29, 1.82) is 0 Å². The van der Waals surface area contributed by atoms with E-state index in [9.17, 15) is 0 Å². The highest BCUT2D eigenvalue weighted by molar-refractivity contribution is 5.43. The van der Waals surface area contributed by atoms with Crippen molar-refractivity contribution in [2.45, 2.75) is 19.0 Å². The van der Waals surface area contributed by atoms with Crippen LogP contribution in [-0.4, -0.2) is 34.1 Å². The Hall–Kier alpha value is -2.21. The van der Waals surface area contributed by atoms with E-state index in [0.29, 0.717) is 12.5 Å². The minimum Gasteiger partial charge on any atom is -0.355 e. The fraction of sp³-hybridized carbons (Fsp3) is 0.357. The van der Waals surface area contributed by atoms with E-state index in [0.717, 1.165) is 31.0 Å². The van der Waals surface area contributed by atoms with Gasteiger partial charge in [-0.25, -0.2) is 4.98 Å². The third-order valence-electron chi connectivity index (χ3n) is 3.34. The number of pyridine rings is 1. The van der Waals surface area contributed by atoms with Crippen LogP contribution in [0.2, 0.25) is 0 Å². The minimum atomic E-state index is 0.245. The summed E-state index contributed by atoms with van der Waals surface area (Å²) in [5.41, 5.74) is 6.89. The van der Waals surface area contributed by atoms with Crippen molar-refractivity contribution in [3.8, 4) is 0 Å². The number of aromatic nitrogens is 3. The van der Waals surface area contributed by atoms with Gasteiger partial charge in [-0.05, 0) is 24.6 Å². The third-order valence-corrected chi connectivity index (χ3v) is 3.34. The second kappa shape index (κ2) is 5.83. The molecule has 0 saturated carbocycles. The number of hydrogen-bond donors (Lipinski definition) is 2. The molecule has 2 aromatic heterocycles. The highest BCUT2D eigenvalue weighted by Crippen LogP contribution is 2.17. The second-order valence-corrected chi connectivity index (χ2v) is 4.91. The van der Waals surface area contributed by atoms with E-state index >= 15 is 0 Å². The Kier molecular flexibility index (Phi) is 3.73. The Labute approximate surface area is 118 Å². The summed E-state index contributed by atoms with van der Waals surface area (Å²) in [6.07, 6.45) is 4.56. The normalized spacial score (nSPS) is 18.2. The van der Waals surface area contributed by atoms with Crippen LogP contribution in [-0.2, 0) is 6.54 Å². The molecule has 0 radical (unpaired) electrons. The van der Waals surface area contributed by atoms with E-state index < -0.39 is 0 Å². The van der Waals surface area contributed by atoms with Crippen LogP contribution >= 0.6 is 0 Å². The van der Waals surface area contributed by atoms with E-state index in [2.05, 4.69) is 25.2 Å². The van der Waals surface area contributed by atoms with Crippen LogP contribution < -0.4 is 16.0 Å². The lowest BCUT2D eigenvalue weighted by atomic mass is 10.3. The van der Waals surface area contributed by atoms with E-state index in [4.69, 9.17) is 5.73 Å². The summed E-state index contributed by atoms with van der Waals surface area (Å²) < 4.78 is 0. The summed E-state index contributed by atoms with van der Waals surface area (Å²) in [6.45, 7) is 2.43. The number of hydrogen-bond acceptors (Lipinski definition) is 6. The fourth-order valence-electron chi connectivity index (χ4n) is 2.28. The van der Waals surface area contributed by atoms with Gasteiger partial charge in [0.15, 0.2) is 0 Å². The molecule has 0 aliphatic carbocycles. The maximum absolute atomic E-state index is 5.93. The average Bonchev–Trinajstić information content (AvgIpc) is 2.93.